The van der Waals surface area contributed by atoms with Gasteiger partial charge < -0.3 is 35.4 Å². The normalized spacial score (nSPS) is 11.3. The van der Waals surface area contributed by atoms with Crippen LogP contribution in [-0.4, -0.2) is 57.0 Å². The van der Waals surface area contributed by atoms with Gasteiger partial charge in [0.1, 0.15) is 34.9 Å². The molecule has 4 heterocycles. The molecule has 1 amide bonds. The van der Waals surface area contributed by atoms with Crippen LogP contribution in [0.5, 0.6) is 11.6 Å². The van der Waals surface area contributed by atoms with Gasteiger partial charge in [0.05, 0.1) is 31.2 Å². The standard InChI is InChI=1S/C37H27N9O7/c38-37-42-33-32(40-18-41-33)35(43-37)52-17-20-3-1-19(2-4-20)15-46-16-22(44-45-46)14-39-34(49)21-5-8-25(28(11-21)36(50)51)31-26-9-6-23(47)12-29(26)53-30-13-24(48)7-10-27(30)31/h1-13,16,18,47H,14-15,17H2,(H,39,49)(H,50,51)(H3,38,40,41,42,43). The van der Waals surface area contributed by atoms with Crippen molar-refractivity contribution in [3.05, 3.63) is 130 Å². The van der Waals surface area contributed by atoms with Gasteiger partial charge in [-0.2, -0.15) is 9.97 Å². The number of carboxylic acids is 1. The number of phenols is 1. The Morgan fingerprint density at radius 2 is 1.77 bits per heavy atom. The van der Waals surface area contributed by atoms with Crippen molar-refractivity contribution in [2.24, 2.45) is 0 Å². The Balaban J connectivity index is 0.942. The van der Waals surface area contributed by atoms with Crippen LogP contribution in [0.15, 0.2) is 101 Å². The van der Waals surface area contributed by atoms with E-state index < -0.39 is 11.9 Å². The van der Waals surface area contributed by atoms with Crippen molar-refractivity contribution in [2.45, 2.75) is 19.7 Å². The number of imidazole rings is 1. The summed E-state index contributed by atoms with van der Waals surface area (Å²) in [7, 11) is 0. The number of fused-ring (bicyclic) bond motifs is 3. The molecule has 0 saturated carbocycles. The van der Waals surface area contributed by atoms with Crippen LogP contribution in [-0.2, 0) is 19.7 Å². The Labute approximate surface area is 297 Å². The number of carboxylic acid groups (broad SMARTS) is 1. The molecule has 16 heteroatoms. The smallest absolute Gasteiger partial charge is 0.336 e. The fourth-order valence-electron chi connectivity index (χ4n) is 6.01. The zero-order valence-electron chi connectivity index (χ0n) is 27.5. The van der Waals surface area contributed by atoms with Gasteiger partial charge in [-0.3, -0.25) is 9.59 Å². The number of aromatic amines is 1. The lowest BCUT2D eigenvalue weighted by molar-refractivity contribution is 0.0697. The maximum absolute atomic E-state index is 13.2. The molecule has 262 valence electrons. The van der Waals surface area contributed by atoms with Crippen molar-refractivity contribution in [1.82, 2.24) is 40.2 Å². The van der Waals surface area contributed by atoms with Crippen LogP contribution >= 0.6 is 0 Å². The topological polar surface area (TPSA) is 237 Å². The van der Waals surface area contributed by atoms with Crippen LogP contribution in [0.3, 0.4) is 0 Å². The number of benzene rings is 4. The van der Waals surface area contributed by atoms with Gasteiger partial charge in [0.25, 0.3) is 5.91 Å². The molecule has 0 fully saturated rings. The third-order valence-corrected chi connectivity index (χ3v) is 8.49. The van der Waals surface area contributed by atoms with Gasteiger partial charge in [-0.1, -0.05) is 35.5 Å². The molecule has 3 aromatic heterocycles. The second-order valence-electron chi connectivity index (χ2n) is 12.1. The average molecular weight is 710 g/mol. The summed E-state index contributed by atoms with van der Waals surface area (Å²) in [6.45, 7) is 0.723. The summed E-state index contributed by atoms with van der Waals surface area (Å²) in [4.78, 5) is 53.1. The first kappa shape index (κ1) is 32.6. The molecule has 0 unspecified atom stereocenters. The van der Waals surface area contributed by atoms with E-state index >= 15 is 0 Å². The molecule has 2 aliphatic rings. The van der Waals surface area contributed by atoms with E-state index in [0.29, 0.717) is 51.4 Å². The lowest BCUT2D eigenvalue weighted by Gasteiger charge is -2.17. The minimum atomic E-state index is -1.26. The third kappa shape index (κ3) is 6.54. The lowest BCUT2D eigenvalue weighted by atomic mass is 9.90. The minimum absolute atomic E-state index is 0.0485. The van der Waals surface area contributed by atoms with Crippen molar-refractivity contribution < 1.29 is 29.0 Å². The van der Waals surface area contributed by atoms with Crippen molar-refractivity contribution >= 4 is 40.0 Å². The average Bonchev–Trinajstić information content (AvgIpc) is 3.81. The van der Waals surface area contributed by atoms with Crippen molar-refractivity contribution in [3.8, 4) is 34.1 Å². The number of nitrogens with two attached hydrogens (primary N) is 1. The monoisotopic (exact) mass is 709 g/mol. The number of phenolic OH excluding ortho intramolecular Hbond substituents is 1. The number of aromatic carboxylic acids is 1. The van der Waals surface area contributed by atoms with E-state index in [4.69, 9.17) is 14.9 Å². The molecule has 1 aliphatic heterocycles. The summed E-state index contributed by atoms with van der Waals surface area (Å²) in [5.74, 6) is -1.23. The maximum Gasteiger partial charge on any atom is 0.336 e. The second kappa shape index (κ2) is 13.3. The fourth-order valence-corrected chi connectivity index (χ4v) is 6.01. The number of anilines is 1. The summed E-state index contributed by atoms with van der Waals surface area (Å²) in [5, 5.41) is 31.9. The number of amides is 1. The zero-order chi connectivity index (χ0) is 36.6. The molecule has 6 aromatic rings. The van der Waals surface area contributed by atoms with Crippen molar-refractivity contribution in [2.75, 3.05) is 5.73 Å². The number of hydrogen-bond donors (Lipinski definition) is 5. The summed E-state index contributed by atoms with van der Waals surface area (Å²) in [6.07, 6.45) is 3.20. The Morgan fingerprint density at radius 3 is 2.60 bits per heavy atom. The van der Waals surface area contributed by atoms with E-state index in [-0.39, 0.29) is 52.7 Å². The van der Waals surface area contributed by atoms with E-state index in [0.717, 1.165) is 11.1 Å². The number of rotatable bonds is 10. The number of nitrogens with zero attached hydrogens (tertiary/aromatic N) is 6. The second-order valence-corrected chi connectivity index (χ2v) is 12.1. The van der Waals surface area contributed by atoms with Gasteiger partial charge >= 0.3 is 5.97 Å². The quantitative estimate of drug-likeness (QED) is 0.124. The summed E-state index contributed by atoms with van der Waals surface area (Å²) >= 11 is 0. The fraction of sp³-hybridized carbons (Fsp3) is 0.0811. The maximum atomic E-state index is 13.2. The molecule has 0 saturated heterocycles. The van der Waals surface area contributed by atoms with Gasteiger partial charge in [-0.15, -0.1) is 5.10 Å². The van der Waals surface area contributed by atoms with Gasteiger partial charge in [-0.25, -0.2) is 14.5 Å². The van der Waals surface area contributed by atoms with E-state index in [9.17, 15) is 24.6 Å². The van der Waals surface area contributed by atoms with Crippen molar-refractivity contribution in [3.63, 3.8) is 0 Å². The summed E-state index contributed by atoms with van der Waals surface area (Å²) in [6, 6.07) is 20.7. The van der Waals surface area contributed by atoms with E-state index in [2.05, 4.69) is 35.6 Å². The van der Waals surface area contributed by atoms with E-state index in [1.807, 2.05) is 24.3 Å². The van der Waals surface area contributed by atoms with E-state index in [1.54, 1.807) is 29.1 Å². The number of hydrogen-bond acceptors (Lipinski definition) is 12. The lowest BCUT2D eigenvalue weighted by Crippen LogP contribution is -2.23. The molecule has 0 radical (unpaired) electrons. The predicted octanol–water partition coefficient (Wildman–Crippen LogP) is 4.37. The number of H-pyrrole nitrogens is 1. The highest BCUT2D eigenvalue weighted by atomic mass is 16.5. The number of aromatic hydroxyl groups is 1. The molecule has 8 rings (SSSR count). The molecule has 53 heavy (non-hydrogen) atoms. The Hall–Kier alpha value is -7.62. The number of nitrogen functional groups attached to an aromatic ring is 1. The SMILES string of the molecule is Nc1nc(OCc2ccc(Cn3cc(CNC(=O)c4ccc(-c5c6ccc(=O)cc-6oc6cc(O)ccc56)c(C(=O)O)c4)nn3)cc2)c2[nH]cnc2n1. The molecular formula is C37H27N9O7. The molecule has 3 aromatic carbocycles. The Bertz CT molecular complexity index is 2720. The first-order valence-corrected chi connectivity index (χ1v) is 16.1. The number of nitrogens with one attached hydrogen (secondary N) is 2. The van der Waals surface area contributed by atoms with E-state index in [1.165, 1.54) is 42.7 Å². The first-order valence-electron chi connectivity index (χ1n) is 16.1. The molecular weight excluding hydrogens is 682 g/mol. The van der Waals surface area contributed by atoms with Gasteiger partial charge in [0, 0.05) is 34.2 Å². The zero-order valence-corrected chi connectivity index (χ0v) is 27.5. The van der Waals surface area contributed by atoms with Crippen LogP contribution in [0.4, 0.5) is 5.95 Å². The molecule has 0 bridgehead atoms. The summed E-state index contributed by atoms with van der Waals surface area (Å²) in [5.41, 5.74) is 10.3. The van der Waals surface area contributed by atoms with Gasteiger partial charge in [-0.05, 0) is 53.1 Å². The number of aromatic nitrogens is 7. The number of carbonyl (C=O) groups is 2. The molecule has 6 N–H and O–H groups in total. The summed E-state index contributed by atoms with van der Waals surface area (Å²) < 4.78 is 13.4. The Morgan fingerprint density at radius 1 is 0.962 bits per heavy atom. The molecule has 0 spiro atoms. The van der Waals surface area contributed by atoms with Crippen LogP contribution in [0.2, 0.25) is 0 Å². The molecule has 16 nitrogen and oxygen atoms in total. The molecule has 0 atom stereocenters. The predicted molar refractivity (Wildman–Crippen MR) is 190 cm³/mol. The van der Waals surface area contributed by atoms with Gasteiger partial charge in [0.2, 0.25) is 11.8 Å². The highest BCUT2D eigenvalue weighted by Crippen LogP contribution is 2.42. The highest BCUT2D eigenvalue weighted by molar-refractivity contribution is 6.09. The minimum Gasteiger partial charge on any atom is -0.508 e. The van der Waals surface area contributed by atoms with Crippen LogP contribution in [0, 0.1) is 0 Å². The third-order valence-electron chi connectivity index (χ3n) is 8.49. The number of carbonyl (C=O) groups excluding carboxylic acids is 1. The Kier molecular flexibility index (Phi) is 8.15. The number of ether oxygens (including phenoxy) is 1. The van der Waals surface area contributed by atoms with Gasteiger partial charge in [0.15, 0.2) is 11.1 Å². The van der Waals surface area contributed by atoms with Crippen LogP contribution < -0.4 is 21.2 Å². The first-order chi connectivity index (χ1) is 25.7. The van der Waals surface area contributed by atoms with Crippen molar-refractivity contribution in [1.29, 1.82) is 0 Å². The van der Waals surface area contributed by atoms with Crippen LogP contribution in [0.1, 0.15) is 37.5 Å². The largest absolute Gasteiger partial charge is 0.508 e. The van der Waals surface area contributed by atoms with Crippen LogP contribution in [0.25, 0.3) is 44.6 Å². The highest BCUT2D eigenvalue weighted by Gasteiger charge is 2.23. The molecule has 1 aliphatic carbocycles.